The molecule has 30 heavy (non-hydrogen) atoms. The van der Waals surface area contributed by atoms with E-state index >= 15 is 0 Å². The summed E-state index contributed by atoms with van der Waals surface area (Å²) in [7, 11) is 1.14. The van der Waals surface area contributed by atoms with Crippen LogP contribution < -0.4 is 5.32 Å². The summed E-state index contributed by atoms with van der Waals surface area (Å²) < 4.78 is 37.3. The second-order valence-electron chi connectivity index (χ2n) is 7.14. The molecule has 0 saturated carbocycles. The van der Waals surface area contributed by atoms with Gasteiger partial charge in [0.05, 0.1) is 0 Å². The fraction of sp³-hybridized carbons (Fsp3) is 0.524. The molecule has 2 rings (SSSR count). The molecule has 6 nitrogen and oxygen atoms in total. The minimum absolute atomic E-state index is 0.311. The number of benzene rings is 1. The number of nitrogens with zero attached hydrogens (tertiary/aromatic N) is 4. The van der Waals surface area contributed by atoms with Gasteiger partial charge in [0.2, 0.25) is 5.91 Å². The normalized spacial score (nSPS) is 16.2. The number of alkyl halides is 3. The molecule has 1 heterocycles. The molecule has 9 heteroatoms. The van der Waals surface area contributed by atoms with E-state index in [1.54, 1.807) is 0 Å². The van der Waals surface area contributed by atoms with Crippen LogP contribution in [-0.2, 0) is 4.79 Å². The highest BCUT2D eigenvalue weighted by molar-refractivity contribution is 5.85. The maximum absolute atomic E-state index is 12.4. The number of hydrogen-bond donors (Lipinski definition) is 1. The minimum Gasteiger partial charge on any atom is -0.357 e. The van der Waals surface area contributed by atoms with E-state index in [0.717, 1.165) is 45.3 Å². The van der Waals surface area contributed by atoms with E-state index < -0.39 is 18.6 Å². The SMILES string of the molecule is CCNC(=NCC(=O)N(C)CC(F)(F)F)N1CCN(C/C=C/c2ccccc2)CC1. The van der Waals surface area contributed by atoms with Crippen LogP contribution in [0.3, 0.4) is 0 Å². The Hall–Kier alpha value is -2.55. The average Bonchev–Trinajstić information content (AvgIpc) is 2.71. The van der Waals surface area contributed by atoms with Crippen molar-refractivity contribution < 1.29 is 18.0 Å². The number of aliphatic imine (C=N–C) groups is 1. The Morgan fingerprint density at radius 3 is 2.47 bits per heavy atom. The number of piperazine rings is 1. The highest BCUT2D eigenvalue weighted by Crippen LogP contribution is 2.15. The van der Waals surface area contributed by atoms with Gasteiger partial charge in [0.1, 0.15) is 13.1 Å². The summed E-state index contributed by atoms with van der Waals surface area (Å²) in [6.07, 6.45) is -0.176. The molecule has 0 unspecified atom stereocenters. The van der Waals surface area contributed by atoms with Crippen LogP contribution in [0.25, 0.3) is 6.08 Å². The molecule has 1 aromatic carbocycles. The highest BCUT2D eigenvalue weighted by atomic mass is 19.4. The number of carbonyl (C=O) groups excluding carboxylic acids is 1. The van der Waals surface area contributed by atoms with Gasteiger partial charge < -0.3 is 15.1 Å². The summed E-state index contributed by atoms with van der Waals surface area (Å²) in [5, 5.41) is 3.12. The van der Waals surface area contributed by atoms with E-state index in [-0.39, 0.29) is 6.54 Å². The van der Waals surface area contributed by atoms with Crippen LogP contribution in [0.4, 0.5) is 13.2 Å². The molecule has 166 valence electrons. The summed E-state index contributed by atoms with van der Waals surface area (Å²) in [5.74, 6) is -0.0989. The van der Waals surface area contributed by atoms with Gasteiger partial charge in [-0.25, -0.2) is 4.99 Å². The molecule has 1 saturated heterocycles. The maximum atomic E-state index is 12.4. The molecule has 1 aliphatic rings. The number of nitrogens with one attached hydrogen (secondary N) is 1. The van der Waals surface area contributed by atoms with Crippen molar-refractivity contribution in [1.29, 1.82) is 0 Å². The molecule has 0 aromatic heterocycles. The van der Waals surface area contributed by atoms with Gasteiger partial charge in [0.25, 0.3) is 0 Å². The van der Waals surface area contributed by atoms with Crippen LogP contribution in [-0.4, -0.2) is 92.1 Å². The molecule has 1 N–H and O–H groups in total. The third-order valence-electron chi connectivity index (χ3n) is 4.69. The number of halogens is 3. The molecule has 0 atom stereocenters. The summed E-state index contributed by atoms with van der Waals surface area (Å²) in [4.78, 5) is 21.2. The van der Waals surface area contributed by atoms with Gasteiger partial charge >= 0.3 is 6.18 Å². The first-order chi connectivity index (χ1) is 14.3. The standard InChI is InChI=1S/C21H30F3N5O/c1-3-25-20(26-16-19(30)27(2)17-21(22,23)24)29-14-12-28(13-15-29)11-7-10-18-8-5-4-6-9-18/h4-10H,3,11-17H2,1-2H3,(H,25,26)/b10-7+. The zero-order valence-corrected chi connectivity index (χ0v) is 17.5. The first-order valence-corrected chi connectivity index (χ1v) is 10.1. The van der Waals surface area contributed by atoms with Crippen LogP contribution >= 0.6 is 0 Å². The largest absolute Gasteiger partial charge is 0.406 e. The molecule has 1 aliphatic heterocycles. The van der Waals surface area contributed by atoms with E-state index in [2.05, 4.69) is 39.5 Å². The van der Waals surface area contributed by atoms with Crippen molar-refractivity contribution in [3.8, 4) is 0 Å². The van der Waals surface area contributed by atoms with Gasteiger partial charge in [-0.3, -0.25) is 9.69 Å². The van der Waals surface area contributed by atoms with Crippen molar-refractivity contribution in [1.82, 2.24) is 20.0 Å². The Morgan fingerprint density at radius 1 is 1.20 bits per heavy atom. The second kappa shape index (κ2) is 11.6. The Labute approximate surface area is 176 Å². The van der Waals surface area contributed by atoms with Gasteiger partial charge in [0, 0.05) is 46.3 Å². The van der Waals surface area contributed by atoms with E-state index in [9.17, 15) is 18.0 Å². The van der Waals surface area contributed by atoms with Gasteiger partial charge in [-0.2, -0.15) is 13.2 Å². The van der Waals surface area contributed by atoms with Gasteiger partial charge in [-0.15, -0.1) is 0 Å². The Bertz CT molecular complexity index is 713. The summed E-state index contributed by atoms with van der Waals surface area (Å²) in [6, 6.07) is 10.1. The van der Waals surface area contributed by atoms with Gasteiger partial charge in [0.15, 0.2) is 5.96 Å². The lowest BCUT2D eigenvalue weighted by Gasteiger charge is -2.36. The molecule has 0 spiro atoms. The number of carbonyl (C=O) groups is 1. The molecular weight excluding hydrogens is 395 g/mol. The molecule has 1 amide bonds. The van der Waals surface area contributed by atoms with Crippen molar-refractivity contribution in [2.75, 3.05) is 59.4 Å². The van der Waals surface area contributed by atoms with Crippen molar-refractivity contribution >= 4 is 17.9 Å². The Morgan fingerprint density at radius 2 is 1.87 bits per heavy atom. The maximum Gasteiger partial charge on any atom is 0.406 e. The van der Waals surface area contributed by atoms with Crippen LogP contribution in [0.1, 0.15) is 12.5 Å². The number of hydrogen-bond acceptors (Lipinski definition) is 3. The van der Waals surface area contributed by atoms with Crippen LogP contribution in [0.15, 0.2) is 41.4 Å². The van der Waals surface area contributed by atoms with Crippen molar-refractivity contribution in [2.45, 2.75) is 13.1 Å². The molecule has 0 radical (unpaired) electrons. The topological polar surface area (TPSA) is 51.2 Å². The number of likely N-dealkylation sites (N-methyl/N-ethyl adjacent to an activating group) is 1. The fourth-order valence-electron chi connectivity index (χ4n) is 3.09. The van der Waals surface area contributed by atoms with Gasteiger partial charge in [-0.05, 0) is 12.5 Å². The number of rotatable bonds is 7. The van der Waals surface area contributed by atoms with Crippen molar-refractivity contribution in [3.05, 3.63) is 42.0 Å². The monoisotopic (exact) mass is 425 g/mol. The summed E-state index contributed by atoms with van der Waals surface area (Å²) >= 11 is 0. The smallest absolute Gasteiger partial charge is 0.357 e. The first-order valence-electron chi connectivity index (χ1n) is 10.1. The lowest BCUT2D eigenvalue weighted by atomic mass is 10.2. The molecule has 0 aliphatic carbocycles. The van der Waals surface area contributed by atoms with E-state index in [4.69, 9.17) is 0 Å². The Balaban J connectivity index is 1.83. The zero-order chi connectivity index (χ0) is 22.0. The molecule has 1 aromatic rings. The number of guanidine groups is 1. The van der Waals surface area contributed by atoms with E-state index in [0.29, 0.717) is 17.4 Å². The molecular formula is C21H30F3N5O. The predicted molar refractivity (Wildman–Crippen MR) is 113 cm³/mol. The van der Waals surface area contributed by atoms with Crippen LogP contribution in [0.2, 0.25) is 0 Å². The van der Waals surface area contributed by atoms with E-state index in [1.807, 2.05) is 30.0 Å². The van der Waals surface area contributed by atoms with E-state index in [1.165, 1.54) is 0 Å². The Kier molecular flexibility index (Phi) is 9.16. The zero-order valence-electron chi connectivity index (χ0n) is 17.5. The third-order valence-corrected chi connectivity index (χ3v) is 4.69. The van der Waals surface area contributed by atoms with Crippen LogP contribution in [0, 0.1) is 0 Å². The quantitative estimate of drug-likeness (QED) is 0.538. The van der Waals surface area contributed by atoms with Gasteiger partial charge in [-0.1, -0.05) is 42.5 Å². The van der Waals surface area contributed by atoms with Crippen molar-refractivity contribution in [2.24, 2.45) is 4.99 Å². The summed E-state index contributed by atoms with van der Waals surface area (Å²) in [6.45, 7) is 4.94. The molecule has 1 fully saturated rings. The fourth-order valence-corrected chi connectivity index (χ4v) is 3.09. The van der Waals surface area contributed by atoms with Crippen molar-refractivity contribution in [3.63, 3.8) is 0 Å². The lowest BCUT2D eigenvalue weighted by Crippen LogP contribution is -2.52. The first kappa shape index (κ1) is 23.7. The lowest BCUT2D eigenvalue weighted by molar-refractivity contribution is -0.157. The average molecular weight is 425 g/mol. The third kappa shape index (κ3) is 8.44. The number of amides is 1. The molecule has 0 bridgehead atoms. The predicted octanol–water partition coefficient (Wildman–Crippen LogP) is 2.30. The highest BCUT2D eigenvalue weighted by Gasteiger charge is 2.31. The second-order valence-corrected chi connectivity index (χ2v) is 7.14. The summed E-state index contributed by atoms with van der Waals surface area (Å²) in [5.41, 5.74) is 1.16. The minimum atomic E-state index is -4.41. The van der Waals surface area contributed by atoms with Crippen LogP contribution in [0.5, 0.6) is 0 Å².